The van der Waals surface area contributed by atoms with Gasteiger partial charge < -0.3 is 5.32 Å². The monoisotopic (exact) mass is 353 g/mol. The van der Waals surface area contributed by atoms with E-state index in [4.69, 9.17) is 0 Å². The first-order valence-electron chi connectivity index (χ1n) is 7.82. The number of aromatic nitrogens is 1. The molecule has 2 aromatic carbocycles. The number of nitrogens with zero attached hydrogens (tertiary/aromatic N) is 1. The average Bonchev–Trinajstić information content (AvgIpc) is 2.58. The highest BCUT2D eigenvalue weighted by Crippen LogP contribution is 2.21. The number of aryl methyl sites for hydroxylation is 2. The van der Waals surface area contributed by atoms with Gasteiger partial charge in [0.05, 0.1) is 16.8 Å². The molecule has 6 heteroatoms. The first kappa shape index (κ1) is 17.0. The molecular formula is C19H19N3O2S. The van der Waals surface area contributed by atoms with Crippen LogP contribution in [0, 0.1) is 13.8 Å². The molecule has 0 saturated carbocycles. The summed E-state index contributed by atoms with van der Waals surface area (Å²) in [5, 5.41) is 3.21. The summed E-state index contributed by atoms with van der Waals surface area (Å²) < 4.78 is 27.4. The van der Waals surface area contributed by atoms with Crippen molar-refractivity contribution in [2.75, 3.05) is 10.0 Å². The van der Waals surface area contributed by atoms with Gasteiger partial charge in [0.1, 0.15) is 5.82 Å². The van der Waals surface area contributed by atoms with E-state index < -0.39 is 10.0 Å². The van der Waals surface area contributed by atoms with Crippen molar-refractivity contribution in [2.24, 2.45) is 0 Å². The molecule has 0 amide bonds. The van der Waals surface area contributed by atoms with Crippen LogP contribution in [0.15, 0.2) is 71.8 Å². The van der Waals surface area contributed by atoms with Gasteiger partial charge in [-0.25, -0.2) is 13.4 Å². The Morgan fingerprint density at radius 2 is 1.72 bits per heavy atom. The van der Waals surface area contributed by atoms with Crippen molar-refractivity contribution in [3.8, 4) is 0 Å². The highest BCUT2D eigenvalue weighted by Gasteiger charge is 2.14. The van der Waals surface area contributed by atoms with Gasteiger partial charge in [0, 0.05) is 5.69 Å². The number of nitrogens with one attached hydrogen (secondary N) is 2. The molecule has 3 rings (SSSR count). The van der Waals surface area contributed by atoms with Gasteiger partial charge in [-0.1, -0.05) is 30.3 Å². The molecule has 0 aliphatic rings. The third-order valence-electron chi connectivity index (χ3n) is 3.72. The van der Waals surface area contributed by atoms with Gasteiger partial charge in [-0.15, -0.1) is 0 Å². The molecule has 1 heterocycles. The van der Waals surface area contributed by atoms with Crippen molar-refractivity contribution in [2.45, 2.75) is 18.7 Å². The average molecular weight is 353 g/mol. The molecule has 128 valence electrons. The highest BCUT2D eigenvalue weighted by molar-refractivity contribution is 7.92. The number of hydrogen-bond acceptors (Lipinski definition) is 4. The Bertz CT molecular complexity index is 984. The molecule has 3 aromatic rings. The summed E-state index contributed by atoms with van der Waals surface area (Å²) >= 11 is 0. The zero-order chi connectivity index (χ0) is 17.9. The van der Waals surface area contributed by atoms with Crippen LogP contribution in [-0.2, 0) is 10.0 Å². The SMILES string of the molecule is Cc1cccc(S(=O)(=O)Nc2ccc(Nc3ccccc3C)nc2)c1. The zero-order valence-corrected chi connectivity index (χ0v) is 14.8. The molecule has 1 aromatic heterocycles. The Morgan fingerprint density at radius 3 is 2.40 bits per heavy atom. The molecule has 0 bridgehead atoms. The second-order valence-electron chi connectivity index (χ2n) is 5.79. The summed E-state index contributed by atoms with van der Waals surface area (Å²) in [4.78, 5) is 4.50. The lowest BCUT2D eigenvalue weighted by Crippen LogP contribution is -2.13. The van der Waals surface area contributed by atoms with Gasteiger partial charge in [-0.3, -0.25) is 4.72 Å². The minimum Gasteiger partial charge on any atom is -0.340 e. The standard InChI is InChI=1S/C19H19N3O2S/c1-14-6-5-8-17(12-14)25(23,24)22-16-10-11-19(20-13-16)21-18-9-4-3-7-15(18)2/h3-13,22H,1-2H3,(H,20,21). The molecule has 25 heavy (non-hydrogen) atoms. The van der Waals surface area contributed by atoms with E-state index in [0.717, 1.165) is 16.8 Å². The Morgan fingerprint density at radius 1 is 0.920 bits per heavy atom. The number of anilines is 3. The molecule has 0 aliphatic heterocycles. The summed E-state index contributed by atoms with van der Waals surface area (Å²) in [7, 11) is -3.62. The summed E-state index contributed by atoms with van der Waals surface area (Å²) in [5.41, 5.74) is 3.37. The van der Waals surface area contributed by atoms with E-state index in [1.807, 2.05) is 44.2 Å². The molecule has 0 spiro atoms. The molecular weight excluding hydrogens is 334 g/mol. The summed E-state index contributed by atoms with van der Waals surface area (Å²) in [6, 6.07) is 18.1. The summed E-state index contributed by atoms with van der Waals surface area (Å²) in [6.45, 7) is 3.86. The maximum atomic E-state index is 12.4. The Hall–Kier alpha value is -2.86. The quantitative estimate of drug-likeness (QED) is 0.719. The first-order valence-corrected chi connectivity index (χ1v) is 9.30. The van der Waals surface area contributed by atoms with Crippen LogP contribution in [0.4, 0.5) is 17.2 Å². The lowest BCUT2D eigenvalue weighted by molar-refractivity contribution is 0.601. The van der Waals surface area contributed by atoms with E-state index in [1.54, 1.807) is 30.3 Å². The fourth-order valence-corrected chi connectivity index (χ4v) is 3.52. The Labute approximate surface area is 147 Å². The van der Waals surface area contributed by atoms with Crippen molar-refractivity contribution in [3.63, 3.8) is 0 Å². The van der Waals surface area contributed by atoms with Crippen LogP contribution < -0.4 is 10.0 Å². The smallest absolute Gasteiger partial charge is 0.261 e. The molecule has 2 N–H and O–H groups in total. The van der Waals surface area contributed by atoms with Gasteiger partial charge in [0.15, 0.2) is 0 Å². The predicted octanol–water partition coefficient (Wildman–Crippen LogP) is 4.24. The minimum atomic E-state index is -3.62. The lowest BCUT2D eigenvalue weighted by Gasteiger charge is -2.11. The van der Waals surface area contributed by atoms with Gasteiger partial charge in [0.25, 0.3) is 10.0 Å². The van der Waals surface area contributed by atoms with Crippen LogP contribution in [0.3, 0.4) is 0 Å². The second kappa shape index (κ2) is 6.94. The summed E-state index contributed by atoms with van der Waals surface area (Å²) in [6.07, 6.45) is 1.49. The fourth-order valence-electron chi connectivity index (χ4n) is 2.38. The van der Waals surface area contributed by atoms with Gasteiger partial charge >= 0.3 is 0 Å². The number of rotatable bonds is 5. The van der Waals surface area contributed by atoms with E-state index in [1.165, 1.54) is 6.20 Å². The Kier molecular flexibility index (Phi) is 4.72. The maximum absolute atomic E-state index is 12.4. The maximum Gasteiger partial charge on any atom is 0.261 e. The second-order valence-corrected chi connectivity index (χ2v) is 7.48. The third kappa shape index (κ3) is 4.16. The number of sulfonamides is 1. The van der Waals surface area contributed by atoms with Crippen molar-refractivity contribution in [3.05, 3.63) is 78.0 Å². The molecule has 0 fully saturated rings. The van der Waals surface area contributed by atoms with Crippen LogP contribution in [0.2, 0.25) is 0 Å². The molecule has 0 saturated heterocycles. The molecule has 0 aliphatic carbocycles. The largest absolute Gasteiger partial charge is 0.340 e. The number of para-hydroxylation sites is 1. The normalized spacial score (nSPS) is 11.1. The van der Waals surface area contributed by atoms with E-state index in [2.05, 4.69) is 15.0 Å². The highest BCUT2D eigenvalue weighted by atomic mass is 32.2. The summed E-state index contributed by atoms with van der Waals surface area (Å²) in [5.74, 6) is 0.646. The van der Waals surface area contributed by atoms with Gasteiger partial charge in [0.2, 0.25) is 0 Å². The number of benzene rings is 2. The van der Waals surface area contributed by atoms with Crippen LogP contribution in [-0.4, -0.2) is 13.4 Å². The van der Waals surface area contributed by atoms with Gasteiger partial charge in [-0.2, -0.15) is 0 Å². The minimum absolute atomic E-state index is 0.231. The zero-order valence-electron chi connectivity index (χ0n) is 14.0. The molecule has 5 nitrogen and oxygen atoms in total. The first-order chi connectivity index (χ1) is 11.9. The Balaban J connectivity index is 1.75. The van der Waals surface area contributed by atoms with E-state index in [0.29, 0.717) is 11.5 Å². The molecule has 0 unspecified atom stereocenters. The van der Waals surface area contributed by atoms with Gasteiger partial charge in [-0.05, 0) is 55.3 Å². The molecule has 0 radical (unpaired) electrons. The van der Waals surface area contributed by atoms with Crippen LogP contribution in [0.1, 0.15) is 11.1 Å². The lowest BCUT2D eigenvalue weighted by atomic mass is 10.2. The van der Waals surface area contributed by atoms with Crippen molar-refractivity contribution in [1.29, 1.82) is 0 Å². The van der Waals surface area contributed by atoms with E-state index in [9.17, 15) is 8.42 Å². The number of hydrogen-bond donors (Lipinski definition) is 2. The van der Waals surface area contributed by atoms with Crippen LogP contribution in [0.5, 0.6) is 0 Å². The van der Waals surface area contributed by atoms with Crippen molar-refractivity contribution < 1.29 is 8.42 Å². The predicted molar refractivity (Wildman–Crippen MR) is 101 cm³/mol. The molecule has 0 atom stereocenters. The van der Waals surface area contributed by atoms with E-state index >= 15 is 0 Å². The van der Waals surface area contributed by atoms with Crippen molar-refractivity contribution >= 4 is 27.2 Å². The van der Waals surface area contributed by atoms with Crippen molar-refractivity contribution in [1.82, 2.24) is 4.98 Å². The number of pyridine rings is 1. The van der Waals surface area contributed by atoms with E-state index in [-0.39, 0.29) is 4.90 Å². The fraction of sp³-hybridized carbons (Fsp3) is 0.105. The van der Waals surface area contributed by atoms with Crippen LogP contribution in [0.25, 0.3) is 0 Å². The topological polar surface area (TPSA) is 71.1 Å². The third-order valence-corrected chi connectivity index (χ3v) is 5.10. The van der Waals surface area contributed by atoms with Crippen LogP contribution >= 0.6 is 0 Å².